The first-order valence-electron chi connectivity index (χ1n) is 4.83. The van der Waals surface area contributed by atoms with Gasteiger partial charge < -0.3 is 0 Å². The average Bonchev–Trinajstić information content (AvgIpc) is 2.13. The van der Waals surface area contributed by atoms with Crippen LogP contribution in [0.15, 0.2) is 0 Å². The highest BCUT2D eigenvalue weighted by Crippen LogP contribution is 2.28. The minimum Gasteiger partial charge on any atom is -0.0651 e. The minimum atomic E-state index is 1.01. The molecular formula is C10H20. The van der Waals surface area contributed by atoms with Crippen LogP contribution < -0.4 is 0 Å². The summed E-state index contributed by atoms with van der Waals surface area (Å²) in [6.45, 7) is 4.75. The van der Waals surface area contributed by atoms with Crippen molar-refractivity contribution in [2.75, 3.05) is 0 Å². The number of hydrogen-bond donors (Lipinski definition) is 0. The van der Waals surface area contributed by atoms with Crippen LogP contribution >= 0.6 is 0 Å². The van der Waals surface area contributed by atoms with Crippen molar-refractivity contribution >= 4 is 0 Å². The van der Waals surface area contributed by atoms with Crippen molar-refractivity contribution in [1.29, 1.82) is 0 Å². The van der Waals surface area contributed by atoms with Crippen LogP contribution in [0.1, 0.15) is 52.4 Å². The van der Waals surface area contributed by atoms with Gasteiger partial charge in [-0.1, -0.05) is 46.0 Å². The Morgan fingerprint density at radius 3 is 2.60 bits per heavy atom. The van der Waals surface area contributed by atoms with E-state index in [4.69, 9.17) is 0 Å². The first-order valence-corrected chi connectivity index (χ1v) is 4.83. The van der Waals surface area contributed by atoms with Gasteiger partial charge in [0.1, 0.15) is 0 Å². The molecule has 0 aromatic carbocycles. The van der Waals surface area contributed by atoms with Crippen LogP contribution in [0.5, 0.6) is 0 Å². The van der Waals surface area contributed by atoms with Gasteiger partial charge in [0.25, 0.3) is 0 Å². The molecule has 0 heterocycles. The van der Waals surface area contributed by atoms with Gasteiger partial charge in [-0.3, -0.25) is 0 Å². The first-order chi connectivity index (χ1) is 4.83. The zero-order chi connectivity index (χ0) is 7.40. The van der Waals surface area contributed by atoms with Crippen molar-refractivity contribution in [3.8, 4) is 0 Å². The molecule has 1 fully saturated rings. The summed E-state index contributed by atoms with van der Waals surface area (Å²) in [6.07, 6.45) is 8.86. The Labute approximate surface area is 65.0 Å². The molecule has 0 aromatic rings. The molecule has 0 aromatic heterocycles. The van der Waals surface area contributed by atoms with E-state index in [2.05, 4.69) is 13.8 Å². The van der Waals surface area contributed by atoms with Crippen LogP contribution in [-0.2, 0) is 0 Å². The van der Waals surface area contributed by atoms with Crippen molar-refractivity contribution in [3.63, 3.8) is 0 Å². The molecule has 0 aliphatic heterocycles. The van der Waals surface area contributed by atoms with E-state index in [0.717, 1.165) is 11.8 Å². The van der Waals surface area contributed by atoms with E-state index < -0.39 is 0 Å². The van der Waals surface area contributed by atoms with Crippen molar-refractivity contribution in [3.05, 3.63) is 0 Å². The normalized spacial score (nSPS) is 35.4. The molecule has 2 atom stereocenters. The van der Waals surface area contributed by atoms with E-state index >= 15 is 0 Å². The Kier molecular flexibility index (Phi) is 3.24. The molecule has 0 N–H and O–H groups in total. The molecule has 0 spiro atoms. The van der Waals surface area contributed by atoms with Crippen LogP contribution in [0.25, 0.3) is 0 Å². The second-order valence-corrected chi connectivity index (χ2v) is 3.90. The van der Waals surface area contributed by atoms with Crippen molar-refractivity contribution in [2.45, 2.75) is 52.4 Å². The number of hydrogen-bond acceptors (Lipinski definition) is 0. The molecule has 1 aliphatic carbocycles. The average molecular weight is 140 g/mol. The smallest absolute Gasteiger partial charge is 0.0414 e. The highest BCUT2D eigenvalue weighted by Gasteiger charge is 2.14. The molecule has 1 saturated carbocycles. The molecule has 0 heteroatoms. The third kappa shape index (κ3) is 2.32. The zero-order valence-electron chi connectivity index (χ0n) is 7.40. The lowest BCUT2D eigenvalue weighted by atomic mass is 9.93. The molecular weight excluding hydrogens is 120 g/mol. The summed E-state index contributed by atoms with van der Waals surface area (Å²) in [5.41, 5.74) is 0. The standard InChI is InChI=1S/C10H20/c1-3-10-7-5-4-6-9(2)8-10/h9-10H,3-8H2,1-2H3. The molecule has 0 amide bonds. The van der Waals surface area contributed by atoms with Crippen molar-refractivity contribution in [2.24, 2.45) is 11.8 Å². The fourth-order valence-corrected chi connectivity index (χ4v) is 2.10. The fraction of sp³-hybridized carbons (Fsp3) is 1.00. The van der Waals surface area contributed by atoms with Gasteiger partial charge in [-0.2, -0.15) is 0 Å². The molecule has 0 saturated heterocycles. The van der Waals surface area contributed by atoms with Gasteiger partial charge >= 0.3 is 0 Å². The van der Waals surface area contributed by atoms with Crippen molar-refractivity contribution < 1.29 is 0 Å². The summed E-state index contributed by atoms with van der Waals surface area (Å²) in [4.78, 5) is 0. The maximum absolute atomic E-state index is 2.41. The van der Waals surface area contributed by atoms with E-state index in [-0.39, 0.29) is 0 Å². The Balaban J connectivity index is 2.30. The fourth-order valence-electron chi connectivity index (χ4n) is 2.10. The lowest BCUT2D eigenvalue weighted by Gasteiger charge is -2.13. The van der Waals surface area contributed by atoms with Gasteiger partial charge in [-0.15, -0.1) is 0 Å². The summed E-state index contributed by atoms with van der Waals surface area (Å²) < 4.78 is 0. The van der Waals surface area contributed by atoms with Gasteiger partial charge in [0.05, 0.1) is 0 Å². The minimum absolute atomic E-state index is 1.01. The monoisotopic (exact) mass is 140 g/mol. The van der Waals surface area contributed by atoms with Gasteiger partial charge in [-0.05, 0) is 18.3 Å². The van der Waals surface area contributed by atoms with Gasteiger partial charge in [0, 0.05) is 0 Å². The maximum Gasteiger partial charge on any atom is -0.0414 e. The quantitative estimate of drug-likeness (QED) is 0.488. The Morgan fingerprint density at radius 2 is 1.90 bits per heavy atom. The van der Waals surface area contributed by atoms with E-state index in [1.54, 1.807) is 0 Å². The zero-order valence-corrected chi connectivity index (χ0v) is 7.40. The molecule has 0 radical (unpaired) electrons. The Bertz CT molecular complexity index is 86.0. The lowest BCUT2D eigenvalue weighted by molar-refractivity contribution is 0.387. The molecule has 2 unspecified atom stereocenters. The van der Waals surface area contributed by atoms with Crippen LogP contribution in [0.2, 0.25) is 0 Å². The molecule has 10 heavy (non-hydrogen) atoms. The number of rotatable bonds is 1. The van der Waals surface area contributed by atoms with Crippen LogP contribution in [0.3, 0.4) is 0 Å². The van der Waals surface area contributed by atoms with Gasteiger partial charge in [-0.25, -0.2) is 0 Å². The maximum atomic E-state index is 2.41. The summed E-state index contributed by atoms with van der Waals surface area (Å²) in [5, 5.41) is 0. The predicted octanol–water partition coefficient (Wildman–Crippen LogP) is 3.61. The third-order valence-corrected chi connectivity index (χ3v) is 2.87. The summed E-state index contributed by atoms with van der Waals surface area (Å²) >= 11 is 0. The van der Waals surface area contributed by atoms with Crippen molar-refractivity contribution in [1.82, 2.24) is 0 Å². The molecule has 60 valence electrons. The van der Waals surface area contributed by atoms with Crippen LogP contribution in [-0.4, -0.2) is 0 Å². The van der Waals surface area contributed by atoms with Gasteiger partial charge in [0.2, 0.25) is 0 Å². The van der Waals surface area contributed by atoms with E-state index in [0.29, 0.717) is 0 Å². The second-order valence-electron chi connectivity index (χ2n) is 3.90. The van der Waals surface area contributed by atoms with E-state index in [1.807, 2.05) is 0 Å². The SMILES string of the molecule is CCC1CCCCC(C)C1. The lowest BCUT2D eigenvalue weighted by Crippen LogP contribution is -2.01. The van der Waals surface area contributed by atoms with E-state index in [9.17, 15) is 0 Å². The second kappa shape index (κ2) is 4.00. The van der Waals surface area contributed by atoms with Crippen LogP contribution in [0.4, 0.5) is 0 Å². The van der Waals surface area contributed by atoms with E-state index in [1.165, 1.54) is 38.5 Å². The highest BCUT2D eigenvalue weighted by molar-refractivity contribution is 4.67. The highest BCUT2D eigenvalue weighted by atomic mass is 14.2. The van der Waals surface area contributed by atoms with Gasteiger partial charge in [0.15, 0.2) is 0 Å². The summed E-state index contributed by atoms with van der Waals surface area (Å²) in [7, 11) is 0. The summed E-state index contributed by atoms with van der Waals surface area (Å²) in [5.74, 6) is 2.06. The first kappa shape index (κ1) is 8.10. The molecule has 1 rings (SSSR count). The summed E-state index contributed by atoms with van der Waals surface area (Å²) in [6, 6.07) is 0. The predicted molar refractivity (Wildman–Crippen MR) is 46.0 cm³/mol. The molecule has 1 aliphatic rings. The third-order valence-electron chi connectivity index (χ3n) is 2.87. The topological polar surface area (TPSA) is 0 Å². The molecule has 0 nitrogen and oxygen atoms in total. The largest absolute Gasteiger partial charge is 0.0651 e. The Morgan fingerprint density at radius 1 is 1.20 bits per heavy atom. The Hall–Kier alpha value is 0. The molecule has 0 bridgehead atoms. The van der Waals surface area contributed by atoms with Crippen LogP contribution in [0, 0.1) is 11.8 Å².